The van der Waals surface area contributed by atoms with Crippen LogP contribution in [0.5, 0.6) is 0 Å². The van der Waals surface area contributed by atoms with E-state index in [2.05, 4.69) is 25.8 Å². The molecule has 1 saturated heterocycles. The Labute approximate surface area is 188 Å². The standard InChI is InChI=1S/C21H21ClN6O4/c22-6-5-17(29)24-15-11-16-18(26-27-19(16)23-12-15)20(30)25-14-3-1-13(2-4-14)21(31)28-7-9-32-10-8-28/h1-4,11-12H,5-10H2,(H,24,29)(H,25,30)(H,23,26,27). The molecule has 166 valence electrons. The Morgan fingerprint density at radius 3 is 2.56 bits per heavy atom. The molecule has 1 aromatic carbocycles. The maximum absolute atomic E-state index is 12.8. The van der Waals surface area contributed by atoms with Gasteiger partial charge in [-0.15, -0.1) is 11.6 Å². The number of carbonyl (C=O) groups excluding carboxylic acids is 3. The number of carbonyl (C=O) groups is 3. The highest BCUT2D eigenvalue weighted by atomic mass is 35.5. The highest BCUT2D eigenvalue weighted by Gasteiger charge is 2.19. The third-order valence-electron chi connectivity index (χ3n) is 4.93. The number of aromatic nitrogens is 3. The summed E-state index contributed by atoms with van der Waals surface area (Å²) in [6, 6.07) is 8.30. The van der Waals surface area contributed by atoms with Gasteiger partial charge in [0.05, 0.1) is 30.5 Å². The van der Waals surface area contributed by atoms with Crippen molar-refractivity contribution in [3.05, 3.63) is 47.8 Å². The van der Waals surface area contributed by atoms with Gasteiger partial charge < -0.3 is 20.3 Å². The summed E-state index contributed by atoms with van der Waals surface area (Å²) in [5, 5.41) is 12.6. The first-order valence-electron chi connectivity index (χ1n) is 10.0. The second-order valence-electron chi connectivity index (χ2n) is 7.12. The number of rotatable bonds is 6. The SMILES string of the molecule is O=C(CCCl)Nc1cnc2n[nH]c(C(=O)Nc3ccc(C(=O)N4CCOCC4)cc3)c2c1. The van der Waals surface area contributed by atoms with Crippen LogP contribution in [-0.2, 0) is 9.53 Å². The summed E-state index contributed by atoms with van der Waals surface area (Å²) in [4.78, 5) is 43.0. The second-order valence-corrected chi connectivity index (χ2v) is 7.49. The summed E-state index contributed by atoms with van der Waals surface area (Å²) in [5.74, 6) is -0.536. The molecule has 0 bridgehead atoms. The van der Waals surface area contributed by atoms with E-state index in [0.29, 0.717) is 54.3 Å². The number of alkyl halides is 1. The fourth-order valence-corrected chi connectivity index (χ4v) is 3.46. The lowest BCUT2D eigenvalue weighted by Gasteiger charge is -2.26. The van der Waals surface area contributed by atoms with Crippen LogP contribution in [0.15, 0.2) is 36.5 Å². The van der Waals surface area contributed by atoms with E-state index in [1.165, 1.54) is 6.20 Å². The van der Waals surface area contributed by atoms with Gasteiger partial charge in [-0.05, 0) is 30.3 Å². The van der Waals surface area contributed by atoms with Gasteiger partial charge in [-0.2, -0.15) is 5.10 Å². The Kier molecular flexibility index (Phi) is 6.62. The number of halogens is 1. The number of H-pyrrole nitrogens is 1. The zero-order valence-electron chi connectivity index (χ0n) is 17.1. The van der Waals surface area contributed by atoms with Gasteiger partial charge in [0.25, 0.3) is 11.8 Å². The van der Waals surface area contributed by atoms with Crippen molar-refractivity contribution in [3.8, 4) is 0 Å². The molecule has 0 radical (unpaired) electrons. The first kappa shape index (κ1) is 21.7. The van der Waals surface area contributed by atoms with Gasteiger partial charge in [-0.25, -0.2) is 4.98 Å². The lowest BCUT2D eigenvalue weighted by molar-refractivity contribution is -0.115. The molecule has 3 aromatic rings. The summed E-state index contributed by atoms with van der Waals surface area (Å²) in [6.07, 6.45) is 1.63. The van der Waals surface area contributed by atoms with E-state index in [1.807, 2.05) is 0 Å². The normalized spacial score (nSPS) is 13.7. The smallest absolute Gasteiger partial charge is 0.274 e. The molecule has 4 rings (SSSR count). The predicted octanol–water partition coefficient (Wildman–Crippen LogP) is 2.25. The topological polar surface area (TPSA) is 129 Å². The monoisotopic (exact) mass is 456 g/mol. The number of hydrogen-bond donors (Lipinski definition) is 3. The summed E-state index contributed by atoms with van der Waals surface area (Å²) < 4.78 is 5.27. The minimum absolute atomic E-state index is 0.0689. The number of pyridine rings is 1. The lowest BCUT2D eigenvalue weighted by Crippen LogP contribution is -2.40. The minimum atomic E-state index is -0.425. The first-order valence-corrected chi connectivity index (χ1v) is 10.6. The van der Waals surface area contributed by atoms with E-state index in [0.717, 1.165) is 0 Å². The van der Waals surface area contributed by atoms with Gasteiger partial charge in [0.1, 0.15) is 5.69 Å². The molecular weight excluding hydrogens is 436 g/mol. The first-order chi connectivity index (χ1) is 15.5. The fourth-order valence-electron chi connectivity index (χ4n) is 3.29. The molecule has 2 aromatic heterocycles. The zero-order chi connectivity index (χ0) is 22.5. The highest BCUT2D eigenvalue weighted by Crippen LogP contribution is 2.20. The minimum Gasteiger partial charge on any atom is -0.378 e. The van der Waals surface area contributed by atoms with E-state index < -0.39 is 5.91 Å². The lowest BCUT2D eigenvalue weighted by atomic mass is 10.1. The van der Waals surface area contributed by atoms with Crippen LogP contribution in [0.25, 0.3) is 11.0 Å². The van der Waals surface area contributed by atoms with Crippen LogP contribution in [0.1, 0.15) is 27.3 Å². The van der Waals surface area contributed by atoms with Crippen molar-refractivity contribution in [2.75, 3.05) is 42.8 Å². The van der Waals surface area contributed by atoms with Crippen molar-refractivity contribution in [1.82, 2.24) is 20.1 Å². The summed E-state index contributed by atoms with van der Waals surface area (Å²) in [5.41, 5.74) is 2.05. The molecule has 0 aliphatic carbocycles. The van der Waals surface area contributed by atoms with E-state index >= 15 is 0 Å². The molecule has 1 aliphatic heterocycles. The summed E-state index contributed by atoms with van der Waals surface area (Å²) >= 11 is 5.58. The number of nitrogens with zero attached hydrogens (tertiary/aromatic N) is 3. The van der Waals surface area contributed by atoms with E-state index in [1.54, 1.807) is 35.2 Å². The van der Waals surface area contributed by atoms with Crippen LogP contribution in [0, 0.1) is 0 Å². The largest absolute Gasteiger partial charge is 0.378 e. The van der Waals surface area contributed by atoms with Crippen LogP contribution in [0.4, 0.5) is 11.4 Å². The Hall–Kier alpha value is -3.50. The number of nitrogens with one attached hydrogen (secondary N) is 3. The Balaban J connectivity index is 1.46. The highest BCUT2D eigenvalue weighted by molar-refractivity contribution is 6.19. The summed E-state index contributed by atoms with van der Waals surface area (Å²) in [7, 11) is 0. The number of benzene rings is 1. The molecule has 1 fully saturated rings. The van der Waals surface area contributed by atoms with Crippen molar-refractivity contribution in [2.24, 2.45) is 0 Å². The van der Waals surface area contributed by atoms with E-state index in [9.17, 15) is 14.4 Å². The van der Waals surface area contributed by atoms with E-state index in [4.69, 9.17) is 16.3 Å². The van der Waals surface area contributed by atoms with Crippen molar-refractivity contribution >= 4 is 51.7 Å². The molecular formula is C21H21ClN6O4. The van der Waals surface area contributed by atoms with Crippen LogP contribution in [-0.4, -0.2) is 70.0 Å². The number of morpholine rings is 1. The molecule has 0 spiro atoms. The Bertz CT molecular complexity index is 1140. The molecule has 10 nitrogen and oxygen atoms in total. The summed E-state index contributed by atoms with van der Waals surface area (Å²) in [6.45, 7) is 2.19. The van der Waals surface area contributed by atoms with Gasteiger partial charge in [0, 0.05) is 36.6 Å². The molecule has 32 heavy (non-hydrogen) atoms. The molecule has 0 atom stereocenters. The van der Waals surface area contributed by atoms with Crippen LogP contribution < -0.4 is 10.6 Å². The molecule has 1 aliphatic rings. The van der Waals surface area contributed by atoms with Crippen molar-refractivity contribution in [1.29, 1.82) is 0 Å². The number of aromatic amines is 1. The van der Waals surface area contributed by atoms with Crippen molar-refractivity contribution in [3.63, 3.8) is 0 Å². The second kappa shape index (κ2) is 9.75. The maximum atomic E-state index is 12.8. The zero-order valence-corrected chi connectivity index (χ0v) is 17.8. The fraction of sp³-hybridized carbons (Fsp3) is 0.286. The molecule has 3 heterocycles. The van der Waals surface area contributed by atoms with Gasteiger partial charge in [0.2, 0.25) is 5.91 Å². The van der Waals surface area contributed by atoms with Gasteiger partial charge >= 0.3 is 0 Å². The van der Waals surface area contributed by atoms with Crippen molar-refractivity contribution in [2.45, 2.75) is 6.42 Å². The quantitative estimate of drug-likeness (QED) is 0.488. The molecule has 11 heteroatoms. The van der Waals surface area contributed by atoms with Gasteiger partial charge in [-0.1, -0.05) is 0 Å². The molecule has 0 saturated carbocycles. The van der Waals surface area contributed by atoms with Crippen LogP contribution in [0.3, 0.4) is 0 Å². The Morgan fingerprint density at radius 1 is 1.09 bits per heavy atom. The van der Waals surface area contributed by atoms with Crippen LogP contribution in [0.2, 0.25) is 0 Å². The number of anilines is 2. The number of fused-ring (bicyclic) bond motifs is 1. The third-order valence-corrected chi connectivity index (χ3v) is 5.12. The van der Waals surface area contributed by atoms with Crippen molar-refractivity contribution < 1.29 is 19.1 Å². The molecule has 3 N–H and O–H groups in total. The number of hydrogen-bond acceptors (Lipinski definition) is 6. The number of ether oxygens (including phenoxy) is 1. The predicted molar refractivity (Wildman–Crippen MR) is 119 cm³/mol. The average molecular weight is 457 g/mol. The molecule has 0 unspecified atom stereocenters. The van der Waals surface area contributed by atoms with E-state index in [-0.39, 0.29) is 29.8 Å². The maximum Gasteiger partial charge on any atom is 0.274 e. The van der Waals surface area contributed by atoms with Gasteiger partial charge in [0.15, 0.2) is 5.65 Å². The van der Waals surface area contributed by atoms with Gasteiger partial charge in [-0.3, -0.25) is 19.5 Å². The third kappa shape index (κ3) is 4.87. The Morgan fingerprint density at radius 2 is 1.84 bits per heavy atom. The molecule has 3 amide bonds. The number of amides is 3. The average Bonchev–Trinajstić information content (AvgIpc) is 3.23. The van der Waals surface area contributed by atoms with Crippen LogP contribution >= 0.6 is 11.6 Å².